The zero-order valence-electron chi connectivity index (χ0n) is 34.5. The Bertz CT molecular complexity index is 1450. The Balaban J connectivity index is 0.00000143. The number of aliphatic hydroxyl groups is 1. The normalized spacial score (nSPS) is 16.5. The molecule has 1 saturated heterocycles. The molecule has 3 aromatic rings. The van der Waals surface area contributed by atoms with Crippen molar-refractivity contribution in [1.82, 2.24) is 15.1 Å². The first-order valence-corrected chi connectivity index (χ1v) is 20.3. The number of amides is 1. The first-order valence-electron chi connectivity index (χ1n) is 20.3. The molecule has 1 amide bonds. The van der Waals surface area contributed by atoms with E-state index in [0.717, 1.165) is 67.0 Å². The van der Waals surface area contributed by atoms with Gasteiger partial charge in [-0.25, -0.2) is 0 Å². The summed E-state index contributed by atoms with van der Waals surface area (Å²) in [4.78, 5) is 18.2. The molecular weight excluding hydrogens is 718 g/mol. The lowest BCUT2D eigenvalue weighted by molar-refractivity contribution is -0.180. The molecule has 2 aliphatic heterocycles. The quantitative estimate of drug-likeness (QED) is 0.0992. The van der Waals surface area contributed by atoms with Crippen molar-refractivity contribution >= 4 is 5.91 Å². The van der Waals surface area contributed by atoms with Crippen LogP contribution in [0.3, 0.4) is 0 Å². The van der Waals surface area contributed by atoms with Gasteiger partial charge in [-0.15, -0.1) is 0 Å². The highest BCUT2D eigenvalue weighted by Gasteiger charge is 2.49. The van der Waals surface area contributed by atoms with Gasteiger partial charge in [-0.05, 0) is 93.3 Å². The molecular formula is C45H71F3N4O4. The van der Waals surface area contributed by atoms with E-state index < -0.39 is 17.3 Å². The second-order valence-electron chi connectivity index (χ2n) is 15.2. The maximum atomic E-state index is 13.3. The van der Waals surface area contributed by atoms with Crippen molar-refractivity contribution in [3.8, 4) is 5.75 Å². The molecule has 0 aliphatic carbocycles. The number of nitrogens with zero attached hydrogens (tertiary/aromatic N) is 2. The number of hydrogen-bond acceptors (Lipinski definition) is 7. The Hall–Kier alpha value is -3.48. The van der Waals surface area contributed by atoms with E-state index in [-0.39, 0.29) is 25.9 Å². The molecule has 2 heterocycles. The fraction of sp³-hybridized carbons (Fsp3) is 0.578. The molecule has 5 rings (SSSR count). The van der Waals surface area contributed by atoms with E-state index >= 15 is 0 Å². The van der Waals surface area contributed by atoms with Crippen LogP contribution >= 0.6 is 0 Å². The van der Waals surface area contributed by atoms with E-state index in [0.29, 0.717) is 13.2 Å². The molecule has 0 saturated carbocycles. The second-order valence-corrected chi connectivity index (χ2v) is 15.2. The predicted octanol–water partition coefficient (Wildman–Crippen LogP) is 8.28. The molecule has 2 aliphatic rings. The minimum absolute atomic E-state index is 0. The zero-order valence-corrected chi connectivity index (χ0v) is 34.5. The minimum atomic E-state index is -0.812. The van der Waals surface area contributed by atoms with Crippen LogP contribution in [-0.2, 0) is 21.6 Å². The highest BCUT2D eigenvalue weighted by atomic mass is 19.0. The number of unbranched alkanes of at least 4 members (excludes halogenated alkanes) is 6. The number of ether oxygens (including phenoxy) is 2. The third kappa shape index (κ3) is 14.2. The molecule has 316 valence electrons. The van der Waals surface area contributed by atoms with Gasteiger partial charge in [0, 0.05) is 32.5 Å². The van der Waals surface area contributed by atoms with Crippen LogP contribution in [0.4, 0.5) is 14.1 Å². The molecule has 0 radical (unpaired) electrons. The van der Waals surface area contributed by atoms with Crippen LogP contribution in [0.25, 0.3) is 0 Å². The Labute approximate surface area is 334 Å². The summed E-state index contributed by atoms with van der Waals surface area (Å²) in [6.07, 6.45) is 8.92. The molecule has 8 nitrogen and oxygen atoms in total. The number of primary amides is 1. The smallest absolute Gasteiger partial charge is 0.232 e. The van der Waals surface area contributed by atoms with Gasteiger partial charge in [-0.3, -0.25) is 18.9 Å². The highest BCUT2D eigenvalue weighted by Crippen LogP contribution is 2.43. The zero-order chi connectivity index (χ0) is 38.1. The van der Waals surface area contributed by atoms with Gasteiger partial charge < -0.3 is 35.4 Å². The predicted molar refractivity (Wildman–Crippen MR) is 224 cm³/mol. The van der Waals surface area contributed by atoms with Crippen molar-refractivity contribution in [3.63, 3.8) is 0 Å². The van der Waals surface area contributed by atoms with Crippen LogP contribution in [0, 0.1) is 5.92 Å². The number of aliphatic hydroxyl groups excluding tert-OH is 1. The van der Waals surface area contributed by atoms with Crippen molar-refractivity contribution in [2.75, 3.05) is 52.4 Å². The molecule has 1 fully saturated rings. The van der Waals surface area contributed by atoms with Gasteiger partial charge in [0.05, 0.1) is 12.7 Å². The first-order chi connectivity index (χ1) is 25.6. The summed E-state index contributed by atoms with van der Waals surface area (Å²) >= 11 is 0. The number of nitrogens with two attached hydrogens (primary N) is 1. The maximum absolute atomic E-state index is 13.3. The van der Waals surface area contributed by atoms with E-state index in [2.05, 4.69) is 60.2 Å². The molecule has 0 spiro atoms. The summed E-state index contributed by atoms with van der Waals surface area (Å²) in [7, 11) is 0. The number of likely N-dealkylation sites (tertiary alicyclic amines) is 1. The Morgan fingerprint density at radius 1 is 0.875 bits per heavy atom. The van der Waals surface area contributed by atoms with Crippen LogP contribution < -0.4 is 15.8 Å². The highest BCUT2D eigenvalue weighted by molar-refractivity contribution is 5.91. The summed E-state index contributed by atoms with van der Waals surface area (Å²) < 4.78 is 11.6. The van der Waals surface area contributed by atoms with Gasteiger partial charge in [-0.2, -0.15) is 0 Å². The molecule has 0 bridgehead atoms. The van der Waals surface area contributed by atoms with E-state index in [9.17, 15) is 9.90 Å². The monoisotopic (exact) mass is 789 g/mol. The topological polar surface area (TPSA) is 100 Å². The van der Waals surface area contributed by atoms with Crippen LogP contribution in [0.5, 0.6) is 5.75 Å². The van der Waals surface area contributed by atoms with Crippen molar-refractivity contribution in [2.24, 2.45) is 11.7 Å². The fourth-order valence-corrected chi connectivity index (χ4v) is 7.98. The third-order valence-electron chi connectivity index (χ3n) is 11.1. The molecule has 11 heteroatoms. The Kier molecular flexibility index (Phi) is 23.2. The van der Waals surface area contributed by atoms with E-state index in [1.165, 1.54) is 58.2 Å². The van der Waals surface area contributed by atoms with Gasteiger partial charge in [0.1, 0.15) is 11.2 Å². The standard InChI is InChI=1S/C39H53N3O4.C6H15N.3FH/c1-38(2)45-29-31-26-30(20-21-36(31)46-38)35(43)27-41-23-14-6-4-3-5-7-15-24-42-25-22-34(28-42)39(37(40)44,32-16-10-8-11-17-32)33-18-12-9-13-19-33;1-4-7(5-2)6-3;;;/h8-13,16-21,26,34-35,41,43H,3-7,14-15,22-25,27-29H2,1-2H3,(H2,40,44);4-6H2,1-3H3;3*1H/t34-,35+;;;;/m1..../s1. The fourth-order valence-electron chi connectivity index (χ4n) is 7.98. The molecule has 0 aromatic heterocycles. The molecule has 4 N–H and O–H groups in total. The van der Waals surface area contributed by atoms with Gasteiger partial charge in [0.25, 0.3) is 0 Å². The average Bonchev–Trinajstić information content (AvgIpc) is 3.64. The number of hydrogen-bond donors (Lipinski definition) is 3. The summed E-state index contributed by atoms with van der Waals surface area (Å²) in [5, 5.41) is 14.1. The largest absolute Gasteiger partial charge is 0.463 e. The molecule has 0 unspecified atom stereocenters. The van der Waals surface area contributed by atoms with Crippen molar-refractivity contribution in [1.29, 1.82) is 0 Å². The molecule has 56 heavy (non-hydrogen) atoms. The second kappa shape index (κ2) is 25.7. The Morgan fingerprint density at radius 2 is 1.43 bits per heavy atom. The number of rotatable bonds is 20. The lowest BCUT2D eigenvalue weighted by atomic mass is 9.64. The number of benzene rings is 3. The van der Waals surface area contributed by atoms with Crippen LogP contribution in [0.2, 0.25) is 0 Å². The molecule has 2 atom stereocenters. The number of carbonyl (C=O) groups excluding carboxylic acids is 1. The van der Waals surface area contributed by atoms with Crippen molar-refractivity contribution in [3.05, 3.63) is 101 Å². The van der Waals surface area contributed by atoms with Gasteiger partial charge >= 0.3 is 0 Å². The summed E-state index contributed by atoms with van der Waals surface area (Å²) in [5.41, 5.74) is 9.31. The minimum Gasteiger partial charge on any atom is -0.463 e. The van der Waals surface area contributed by atoms with Crippen LogP contribution in [0.15, 0.2) is 78.9 Å². The number of halogens is 3. The number of fused-ring (bicyclic) bond motifs is 1. The third-order valence-corrected chi connectivity index (χ3v) is 11.1. The number of nitrogens with one attached hydrogen (secondary N) is 1. The average molecular weight is 789 g/mol. The van der Waals surface area contributed by atoms with E-state index in [1.807, 2.05) is 68.4 Å². The van der Waals surface area contributed by atoms with Gasteiger partial charge in [0.15, 0.2) is 0 Å². The first kappa shape index (κ1) is 50.5. The summed E-state index contributed by atoms with van der Waals surface area (Å²) in [5.74, 6) is 0.118. The Morgan fingerprint density at radius 3 is 1.96 bits per heavy atom. The SMILES string of the molecule is CC1(C)OCc2cc([C@@H](O)CNCCCCCCCCCN3CC[C@@H](C(C(N)=O)(c4ccccc4)c4ccccc4)C3)ccc2O1.CCN(CC)CC.F.F.F. The maximum Gasteiger partial charge on any atom is 0.232 e. The van der Waals surface area contributed by atoms with Crippen LogP contribution in [0.1, 0.15) is 114 Å². The van der Waals surface area contributed by atoms with Crippen LogP contribution in [-0.4, -0.2) is 79.0 Å². The molecule has 3 aromatic carbocycles. The summed E-state index contributed by atoms with van der Waals surface area (Å²) in [6, 6.07) is 26.1. The van der Waals surface area contributed by atoms with E-state index in [1.54, 1.807) is 0 Å². The summed E-state index contributed by atoms with van der Waals surface area (Å²) in [6.45, 7) is 18.9. The number of carbonyl (C=O) groups is 1. The van der Waals surface area contributed by atoms with E-state index in [4.69, 9.17) is 15.2 Å². The lowest BCUT2D eigenvalue weighted by Gasteiger charge is -2.37. The van der Waals surface area contributed by atoms with Gasteiger partial charge in [0.2, 0.25) is 11.7 Å². The van der Waals surface area contributed by atoms with Crippen molar-refractivity contribution in [2.45, 2.75) is 110 Å². The van der Waals surface area contributed by atoms with Gasteiger partial charge in [-0.1, -0.05) is 120 Å². The lowest BCUT2D eigenvalue weighted by Crippen LogP contribution is -2.49. The van der Waals surface area contributed by atoms with Crippen molar-refractivity contribution < 1.29 is 33.5 Å².